The Morgan fingerprint density at radius 2 is 1.85 bits per heavy atom. The van der Waals surface area contributed by atoms with Crippen molar-refractivity contribution in [1.29, 1.82) is 0 Å². The van der Waals surface area contributed by atoms with E-state index in [1.165, 1.54) is 24.0 Å². The van der Waals surface area contributed by atoms with Gasteiger partial charge < -0.3 is 24.7 Å². The Morgan fingerprint density at radius 1 is 1.09 bits per heavy atom. The van der Waals surface area contributed by atoms with Crippen molar-refractivity contribution < 1.29 is 9.47 Å². The molecular weight excluding hydrogens is 541 g/mol. The highest BCUT2D eigenvalue weighted by atomic mass is 127. The van der Waals surface area contributed by atoms with E-state index in [0.29, 0.717) is 13.1 Å². The molecule has 1 saturated carbocycles. The first-order valence-electron chi connectivity index (χ1n) is 11.6. The molecule has 1 aliphatic carbocycles. The number of nitrogens with one attached hydrogen (secondary N) is 2. The molecule has 182 valence electrons. The van der Waals surface area contributed by atoms with Crippen molar-refractivity contribution in [2.24, 2.45) is 4.99 Å². The van der Waals surface area contributed by atoms with Gasteiger partial charge in [-0.25, -0.2) is 4.98 Å². The zero-order valence-corrected chi connectivity index (χ0v) is 22.2. The molecule has 1 heterocycles. The van der Waals surface area contributed by atoms with Crippen LogP contribution in [0.3, 0.4) is 0 Å². The van der Waals surface area contributed by atoms with E-state index in [1.807, 2.05) is 24.7 Å². The number of hydrogen-bond donors (Lipinski definition) is 2. The molecule has 3 aromatic rings. The Balaban J connectivity index is 0.00000324. The topological polar surface area (TPSA) is 72.7 Å². The summed E-state index contributed by atoms with van der Waals surface area (Å²) in [5, 5.41) is 6.83. The molecule has 0 amide bonds. The van der Waals surface area contributed by atoms with Crippen LogP contribution in [0.4, 0.5) is 0 Å². The van der Waals surface area contributed by atoms with Gasteiger partial charge in [-0.15, -0.1) is 24.0 Å². The van der Waals surface area contributed by atoms with Gasteiger partial charge in [-0.05, 0) is 42.9 Å². The number of para-hydroxylation sites is 1. The molecule has 1 aromatic heterocycles. The van der Waals surface area contributed by atoms with Gasteiger partial charge >= 0.3 is 0 Å². The molecule has 1 aliphatic rings. The number of ether oxygens (including phenoxy) is 2. The summed E-state index contributed by atoms with van der Waals surface area (Å²) in [5.74, 6) is 2.35. The second-order valence-electron chi connectivity index (χ2n) is 8.31. The van der Waals surface area contributed by atoms with Gasteiger partial charge in [0.25, 0.3) is 0 Å². The fourth-order valence-electron chi connectivity index (χ4n) is 4.18. The lowest BCUT2D eigenvalue weighted by Gasteiger charge is -2.20. The van der Waals surface area contributed by atoms with Gasteiger partial charge in [-0.1, -0.05) is 36.4 Å². The largest absolute Gasteiger partial charge is 0.493 e. The van der Waals surface area contributed by atoms with Crippen molar-refractivity contribution >= 4 is 29.9 Å². The van der Waals surface area contributed by atoms with Crippen molar-refractivity contribution in [1.82, 2.24) is 20.2 Å². The van der Waals surface area contributed by atoms with Crippen molar-refractivity contribution in [2.75, 3.05) is 14.2 Å². The van der Waals surface area contributed by atoms with Crippen LogP contribution in [0.5, 0.6) is 11.5 Å². The number of rotatable bonds is 9. The molecular formula is C26H34IN5O2. The highest BCUT2D eigenvalue weighted by molar-refractivity contribution is 14.0. The Morgan fingerprint density at radius 3 is 2.59 bits per heavy atom. The zero-order chi connectivity index (χ0) is 22.9. The maximum atomic E-state index is 6.35. The average molecular weight is 575 g/mol. The maximum absolute atomic E-state index is 6.35. The SMILES string of the molecule is CN=C(NCc1cccc(Cn2ccnc2)c1)NCc1cccc(OC)c1OC1CCCC1.I. The van der Waals surface area contributed by atoms with E-state index < -0.39 is 0 Å². The standard InChI is InChI=1S/C26H33N5O2.HI/c1-27-26(29-16-20-7-5-8-21(15-20)18-31-14-13-28-19-31)30-17-22-9-6-12-24(32-2)25(22)33-23-10-3-4-11-23;/h5-9,12-15,19,23H,3-4,10-11,16-18H2,1-2H3,(H2,27,29,30);1H. The van der Waals surface area contributed by atoms with E-state index >= 15 is 0 Å². The van der Waals surface area contributed by atoms with Gasteiger partial charge in [0.2, 0.25) is 0 Å². The lowest BCUT2D eigenvalue weighted by atomic mass is 10.1. The summed E-state index contributed by atoms with van der Waals surface area (Å²) in [5.41, 5.74) is 3.49. The van der Waals surface area contributed by atoms with E-state index in [1.54, 1.807) is 20.4 Å². The van der Waals surface area contributed by atoms with Crippen LogP contribution in [0.1, 0.15) is 42.4 Å². The van der Waals surface area contributed by atoms with E-state index in [2.05, 4.69) is 55.5 Å². The van der Waals surface area contributed by atoms with E-state index in [-0.39, 0.29) is 30.1 Å². The summed E-state index contributed by atoms with van der Waals surface area (Å²) in [7, 11) is 3.47. The minimum absolute atomic E-state index is 0. The number of guanidine groups is 1. The zero-order valence-electron chi connectivity index (χ0n) is 19.9. The normalized spacial score (nSPS) is 13.9. The quantitative estimate of drug-likeness (QED) is 0.219. The molecule has 2 N–H and O–H groups in total. The molecule has 2 aromatic carbocycles. The van der Waals surface area contributed by atoms with Crippen LogP contribution < -0.4 is 20.1 Å². The maximum Gasteiger partial charge on any atom is 0.191 e. The summed E-state index contributed by atoms with van der Waals surface area (Å²) in [6.07, 6.45) is 10.5. The number of hydrogen-bond acceptors (Lipinski definition) is 4. The van der Waals surface area contributed by atoms with Crippen molar-refractivity contribution in [2.45, 2.75) is 51.4 Å². The second kappa shape index (κ2) is 13.2. The predicted octanol–water partition coefficient (Wildman–Crippen LogP) is 4.74. The van der Waals surface area contributed by atoms with Crippen LogP contribution in [-0.4, -0.2) is 35.8 Å². The van der Waals surface area contributed by atoms with Gasteiger partial charge in [0, 0.05) is 44.6 Å². The average Bonchev–Trinajstić information content (AvgIpc) is 3.55. The predicted molar refractivity (Wildman–Crippen MR) is 146 cm³/mol. The van der Waals surface area contributed by atoms with Gasteiger partial charge in [-0.2, -0.15) is 0 Å². The summed E-state index contributed by atoms with van der Waals surface area (Å²) >= 11 is 0. The first kappa shape index (κ1) is 25.9. The Hall–Kier alpha value is -2.75. The summed E-state index contributed by atoms with van der Waals surface area (Å²) < 4.78 is 14.0. The van der Waals surface area contributed by atoms with Gasteiger partial charge in [0.1, 0.15) is 0 Å². The molecule has 8 heteroatoms. The molecule has 0 atom stereocenters. The third-order valence-corrected chi connectivity index (χ3v) is 5.91. The van der Waals surface area contributed by atoms with E-state index in [9.17, 15) is 0 Å². The first-order chi connectivity index (χ1) is 16.2. The molecule has 34 heavy (non-hydrogen) atoms. The molecule has 0 saturated heterocycles. The third kappa shape index (κ3) is 7.12. The smallest absolute Gasteiger partial charge is 0.191 e. The molecule has 7 nitrogen and oxygen atoms in total. The van der Waals surface area contributed by atoms with Gasteiger partial charge in [-0.3, -0.25) is 4.99 Å². The Kier molecular flexibility index (Phi) is 10.1. The number of imidazole rings is 1. The number of methoxy groups -OCH3 is 1. The van der Waals surface area contributed by atoms with E-state index in [0.717, 1.165) is 42.4 Å². The highest BCUT2D eigenvalue weighted by Gasteiger charge is 2.20. The van der Waals surface area contributed by atoms with Crippen LogP contribution in [0.15, 0.2) is 66.2 Å². The number of aliphatic imine (C=N–C) groups is 1. The van der Waals surface area contributed by atoms with Gasteiger partial charge in [0.15, 0.2) is 17.5 Å². The third-order valence-electron chi connectivity index (χ3n) is 5.91. The van der Waals surface area contributed by atoms with Crippen molar-refractivity contribution in [3.05, 3.63) is 77.9 Å². The lowest BCUT2D eigenvalue weighted by Crippen LogP contribution is -2.36. The first-order valence-corrected chi connectivity index (χ1v) is 11.6. The molecule has 0 spiro atoms. The lowest BCUT2D eigenvalue weighted by molar-refractivity contribution is 0.198. The number of nitrogens with zero attached hydrogens (tertiary/aromatic N) is 3. The van der Waals surface area contributed by atoms with Crippen molar-refractivity contribution in [3.8, 4) is 11.5 Å². The summed E-state index contributed by atoms with van der Waals surface area (Å²) in [6, 6.07) is 14.6. The molecule has 0 bridgehead atoms. The molecule has 0 unspecified atom stereocenters. The summed E-state index contributed by atoms with van der Waals surface area (Å²) in [4.78, 5) is 8.50. The molecule has 1 fully saturated rings. The Bertz CT molecular complexity index is 1050. The monoisotopic (exact) mass is 575 g/mol. The van der Waals surface area contributed by atoms with Crippen LogP contribution in [0.25, 0.3) is 0 Å². The van der Waals surface area contributed by atoms with Crippen LogP contribution in [-0.2, 0) is 19.6 Å². The number of halogens is 1. The highest BCUT2D eigenvalue weighted by Crippen LogP contribution is 2.34. The van der Waals surface area contributed by atoms with Crippen molar-refractivity contribution in [3.63, 3.8) is 0 Å². The summed E-state index contributed by atoms with van der Waals surface area (Å²) in [6.45, 7) is 2.08. The van der Waals surface area contributed by atoms with Gasteiger partial charge in [0.05, 0.1) is 19.5 Å². The van der Waals surface area contributed by atoms with Crippen LogP contribution in [0, 0.1) is 0 Å². The minimum Gasteiger partial charge on any atom is -0.493 e. The van der Waals surface area contributed by atoms with Crippen LogP contribution >= 0.6 is 24.0 Å². The fourth-order valence-corrected chi connectivity index (χ4v) is 4.18. The molecule has 4 rings (SSSR count). The second-order valence-corrected chi connectivity index (χ2v) is 8.31. The van der Waals surface area contributed by atoms with E-state index in [4.69, 9.17) is 9.47 Å². The number of benzene rings is 2. The van der Waals surface area contributed by atoms with Crippen LogP contribution in [0.2, 0.25) is 0 Å². The molecule has 0 radical (unpaired) electrons. The number of aromatic nitrogens is 2. The molecule has 0 aliphatic heterocycles. The minimum atomic E-state index is 0. The Labute approximate surface area is 219 Å². The fraction of sp³-hybridized carbons (Fsp3) is 0.385.